The van der Waals surface area contributed by atoms with Gasteiger partial charge in [-0.3, -0.25) is 4.79 Å². The second kappa shape index (κ2) is 8.63. The molecule has 7 heteroatoms. The van der Waals surface area contributed by atoms with Crippen LogP contribution in [0.25, 0.3) is 10.6 Å². The first-order valence-electron chi connectivity index (χ1n) is 8.86. The zero-order valence-electron chi connectivity index (χ0n) is 15.9. The van der Waals surface area contributed by atoms with Crippen molar-refractivity contribution < 1.29 is 9.53 Å². The maximum atomic E-state index is 12.3. The van der Waals surface area contributed by atoms with E-state index in [0.29, 0.717) is 12.2 Å². The van der Waals surface area contributed by atoms with E-state index in [1.807, 2.05) is 52.0 Å². The molecule has 0 radical (unpaired) electrons. The molecule has 142 valence electrons. The van der Waals surface area contributed by atoms with Crippen LogP contribution in [0.3, 0.4) is 0 Å². The maximum absolute atomic E-state index is 12.3. The van der Waals surface area contributed by atoms with Crippen LogP contribution in [0.15, 0.2) is 29.6 Å². The Balaban J connectivity index is 1.58. The molecule has 3 aromatic rings. The minimum Gasteiger partial charge on any atom is -0.491 e. The van der Waals surface area contributed by atoms with Gasteiger partial charge in [0, 0.05) is 28.8 Å². The number of rotatable bonds is 7. The van der Waals surface area contributed by atoms with Crippen molar-refractivity contribution in [1.82, 2.24) is 15.3 Å². The second-order valence-electron chi connectivity index (χ2n) is 6.48. The molecule has 1 N–H and O–H groups in total. The predicted molar refractivity (Wildman–Crippen MR) is 111 cm³/mol. The third-order valence-electron chi connectivity index (χ3n) is 3.85. The maximum Gasteiger partial charge on any atom is 0.270 e. The van der Waals surface area contributed by atoms with Gasteiger partial charge in [0.1, 0.15) is 16.5 Å². The molecule has 0 spiro atoms. The van der Waals surface area contributed by atoms with Gasteiger partial charge in [0.15, 0.2) is 0 Å². The van der Waals surface area contributed by atoms with Crippen molar-refractivity contribution in [2.75, 3.05) is 6.54 Å². The lowest BCUT2D eigenvalue weighted by atomic mass is 10.2. The number of benzene rings is 1. The highest BCUT2D eigenvalue weighted by Crippen LogP contribution is 2.26. The Morgan fingerprint density at radius 1 is 1.19 bits per heavy atom. The fraction of sp³-hybridized carbons (Fsp3) is 0.350. The summed E-state index contributed by atoms with van der Waals surface area (Å²) < 4.78 is 5.65. The Morgan fingerprint density at radius 3 is 2.56 bits per heavy atom. The van der Waals surface area contributed by atoms with Crippen molar-refractivity contribution in [3.63, 3.8) is 0 Å². The molecular weight excluding hydrogens is 378 g/mol. The number of nitrogens with one attached hydrogen (secondary N) is 1. The molecular formula is C20H23N3O2S2. The van der Waals surface area contributed by atoms with E-state index in [-0.39, 0.29) is 12.0 Å². The fourth-order valence-corrected chi connectivity index (χ4v) is 4.39. The van der Waals surface area contributed by atoms with Crippen molar-refractivity contribution in [1.29, 1.82) is 0 Å². The van der Waals surface area contributed by atoms with E-state index in [9.17, 15) is 4.79 Å². The lowest BCUT2D eigenvalue weighted by molar-refractivity contribution is 0.0950. The van der Waals surface area contributed by atoms with Crippen LogP contribution in [0.1, 0.15) is 39.9 Å². The SMILES string of the molecule is Cc1nc(C)c(CCNC(=O)c2csc(-c3ccc(OC(C)C)cc3)n2)s1. The van der Waals surface area contributed by atoms with Crippen molar-refractivity contribution in [3.8, 4) is 16.3 Å². The van der Waals surface area contributed by atoms with E-state index in [0.717, 1.165) is 33.4 Å². The number of ether oxygens (including phenoxy) is 1. The standard InChI is InChI=1S/C20H23N3O2S2/c1-12(2)25-16-7-5-15(6-8-16)20-23-17(11-26-20)19(24)21-10-9-18-13(3)22-14(4)27-18/h5-8,11-12H,9-10H2,1-4H3,(H,21,24). The summed E-state index contributed by atoms with van der Waals surface area (Å²) in [6, 6.07) is 7.78. The lowest BCUT2D eigenvalue weighted by Crippen LogP contribution is -2.25. The number of carbonyl (C=O) groups is 1. The van der Waals surface area contributed by atoms with Gasteiger partial charge in [0.2, 0.25) is 0 Å². The monoisotopic (exact) mass is 401 g/mol. The average Bonchev–Trinajstić information content (AvgIpc) is 3.22. The van der Waals surface area contributed by atoms with Crippen molar-refractivity contribution in [2.45, 2.75) is 40.2 Å². The van der Waals surface area contributed by atoms with E-state index in [2.05, 4.69) is 15.3 Å². The number of thiazole rings is 2. The smallest absolute Gasteiger partial charge is 0.270 e. The summed E-state index contributed by atoms with van der Waals surface area (Å²) in [5.41, 5.74) is 2.48. The summed E-state index contributed by atoms with van der Waals surface area (Å²) in [5.74, 6) is 0.688. The van der Waals surface area contributed by atoms with Crippen LogP contribution in [0.2, 0.25) is 0 Å². The van der Waals surface area contributed by atoms with Crippen LogP contribution in [0, 0.1) is 13.8 Å². The average molecular weight is 402 g/mol. The van der Waals surface area contributed by atoms with Crippen molar-refractivity contribution in [3.05, 3.63) is 50.9 Å². The molecule has 0 atom stereocenters. The number of hydrogen-bond donors (Lipinski definition) is 1. The number of nitrogens with zero attached hydrogens (tertiary/aromatic N) is 2. The Bertz CT molecular complexity index is 914. The summed E-state index contributed by atoms with van der Waals surface area (Å²) in [7, 11) is 0. The number of hydrogen-bond acceptors (Lipinski definition) is 6. The highest BCUT2D eigenvalue weighted by atomic mass is 32.1. The molecule has 0 saturated carbocycles. The minimum absolute atomic E-state index is 0.142. The van der Waals surface area contributed by atoms with E-state index >= 15 is 0 Å². The van der Waals surface area contributed by atoms with Crippen LogP contribution in [0.5, 0.6) is 5.75 Å². The van der Waals surface area contributed by atoms with Gasteiger partial charge in [-0.25, -0.2) is 9.97 Å². The summed E-state index contributed by atoms with van der Waals surface area (Å²) in [5, 5.41) is 6.62. The van der Waals surface area contributed by atoms with Gasteiger partial charge in [-0.2, -0.15) is 0 Å². The normalized spacial score (nSPS) is 11.0. The van der Waals surface area contributed by atoms with Crippen molar-refractivity contribution >= 4 is 28.6 Å². The molecule has 0 aliphatic rings. The Kier molecular flexibility index (Phi) is 6.23. The molecule has 27 heavy (non-hydrogen) atoms. The van der Waals surface area contributed by atoms with Crippen LogP contribution in [-0.2, 0) is 6.42 Å². The summed E-state index contributed by atoms with van der Waals surface area (Å²) in [6.07, 6.45) is 0.931. The molecule has 3 rings (SSSR count). The van der Waals surface area contributed by atoms with Gasteiger partial charge in [0.25, 0.3) is 5.91 Å². The number of aryl methyl sites for hydroxylation is 2. The van der Waals surface area contributed by atoms with Crippen LogP contribution < -0.4 is 10.1 Å². The predicted octanol–water partition coefficient (Wildman–Crippen LogP) is 4.64. The first-order valence-corrected chi connectivity index (χ1v) is 10.6. The number of aromatic nitrogens is 2. The molecule has 1 aromatic carbocycles. The molecule has 2 aromatic heterocycles. The molecule has 2 heterocycles. The van der Waals surface area contributed by atoms with E-state index in [1.165, 1.54) is 16.2 Å². The fourth-order valence-electron chi connectivity index (χ4n) is 2.64. The zero-order valence-corrected chi connectivity index (χ0v) is 17.5. The van der Waals surface area contributed by atoms with Gasteiger partial charge in [0.05, 0.1) is 16.8 Å². The molecule has 0 aliphatic heterocycles. The summed E-state index contributed by atoms with van der Waals surface area (Å²) >= 11 is 3.15. The van der Waals surface area contributed by atoms with E-state index in [1.54, 1.807) is 16.7 Å². The molecule has 0 bridgehead atoms. The van der Waals surface area contributed by atoms with Gasteiger partial charge >= 0.3 is 0 Å². The molecule has 0 unspecified atom stereocenters. The zero-order chi connectivity index (χ0) is 19.4. The molecule has 1 amide bonds. The third kappa shape index (κ3) is 5.14. The minimum atomic E-state index is -0.142. The topological polar surface area (TPSA) is 64.1 Å². The van der Waals surface area contributed by atoms with E-state index in [4.69, 9.17) is 4.74 Å². The van der Waals surface area contributed by atoms with Crippen LogP contribution >= 0.6 is 22.7 Å². The molecule has 5 nitrogen and oxygen atoms in total. The lowest BCUT2D eigenvalue weighted by Gasteiger charge is -2.09. The summed E-state index contributed by atoms with van der Waals surface area (Å²) in [6.45, 7) is 8.58. The highest BCUT2D eigenvalue weighted by molar-refractivity contribution is 7.13. The first-order chi connectivity index (χ1) is 12.9. The first kappa shape index (κ1) is 19.5. The van der Waals surface area contributed by atoms with Crippen molar-refractivity contribution in [2.24, 2.45) is 0 Å². The van der Waals surface area contributed by atoms with Gasteiger partial charge in [-0.1, -0.05) is 0 Å². The van der Waals surface area contributed by atoms with E-state index < -0.39 is 0 Å². The Labute approximate surface area is 167 Å². The highest BCUT2D eigenvalue weighted by Gasteiger charge is 2.12. The molecule has 0 saturated heterocycles. The quantitative estimate of drug-likeness (QED) is 0.626. The Hall–Kier alpha value is -2.25. The number of amides is 1. The van der Waals surface area contributed by atoms with Gasteiger partial charge in [-0.05, 0) is 52.0 Å². The molecule has 0 fully saturated rings. The van der Waals surface area contributed by atoms with Gasteiger partial charge in [-0.15, -0.1) is 22.7 Å². The van der Waals surface area contributed by atoms with Gasteiger partial charge < -0.3 is 10.1 Å². The van der Waals surface area contributed by atoms with Crippen LogP contribution in [-0.4, -0.2) is 28.5 Å². The largest absolute Gasteiger partial charge is 0.491 e. The van der Waals surface area contributed by atoms with Crippen LogP contribution in [0.4, 0.5) is 0 Å². The number of carbonyl (C=O) groups excluding carboxylic acids is 1. The third-order valence-corrected chi connectivity index (χ3v) is 5.87. The summed E-state index contributed by atoms with van der Waals surface area (Å²) in [4.78, 5) is 22.5. The Morgan fingerprint density at radius 2 is 1.93 bits per heavy atom. The second-order valence-corrected chi connectivity index (χ2v) is 8.62. The molecule has 0 aliphatic carbocycles.